The normalized spacial score (nSPS) is 21.8. The highest BCUT2D eigenvalue weighted by Crippen LogP contribution is 2.41. The molecule has 2 aliphatic rings. The molecular formula is C19H21F7N6S. The molecule has 0 spiro atoms. The lowest BCUT2D eigenvalue weighted by atomic mass is 9.86. The average Bonchev–Trinajstić information content (AvgIpc) is 3.21. The van der Waals surface area contributed by atoms with Crippen molar-refractivity contribution >= 4 is 23.2 Å². The Labute approximate surface area is 188 Å². The van der Waals surface area contributed by atoms with Crippen LogP contribution in [0.4, 0.5) is 42.6 Å². The molecule has 2 fully saturated rings. The molecule has 0 amide bonds. The van der Waals surface area contributed by atoms with Gasteiger partial charge in [0.05, 0.1) is 0 Å². The first-order chi connectivity index (χ1) is 15.3. The molecule has 2 heterocycles. The third kappa shape index (κ3) is 5.46. The van der Waals surface area contributed by atoms with Crippen LogP contribution in [0, 0.1) is 0 Å². The lowest BCUT2D eigenvalue weighted by Gasteiger charge is -2.43. The number of nitrogen functional groups attached to an aromatic ring is 1. The molecule has 2 aromatic heterocycles. The van der Waals surface area contributed by atoms with E-state index in [1.54, 1.807) is 4.90 Å². The Balaban J connectivity index is 1.68. The topological polar surface area (TPSA) is 80.8 Å². The summed E-state index contributed by atoms with van der Waals surface area (Å²) in [4.78, 5) is 17.4. The fourth-order valence-corrected chi connectivity index (χ4v) is 5.09. The van der Waals surface area contributed by atoms with Crippen molar-refractivity contribution in [3.8, 4) is 10.8 Å². The highest BCUT2D eigenvalue weighted by atomic mass is 32.1. The van der Waals surface area contributed by atoms with Gasteiger partial charge in [-0.05, 0) is 25.7 Å². The van der Waals surface area contributed by atoms with Gasteiger partial charge in [-0.25, -0.2) is 22.5 Å². The summed E-state index contributed by atoms with van der Waals surface area (Å²) in [6, 6.07) is -0.893. The van der Waals surface area contributed by atoms with E-state index in [1.165, 1.54) is 0 Å². The van der Waals surface area contributed by atoms with E-state index < -0.39 is 35.8 Å². The van der Waals surface area contributed by atoms with Gasteiger partial charge in [-0.15, -0.1) is 11.3 Å². The first kappa shape index (κ1) is 23.9. The summed E-state index contributed by atoms with van der Waals surface area (Å²) in [6.45, 7) is 0. The molecule has 2 N–H and O–H groups in total. The Morgan fingerprint density at radius 1 is 0.848 bits per heavy atom. The van der Waals surface area contributed by atoms with Crippen LogP contribution in [0.1, 0.15) is 57.1 Å². The molecule has 14 heteroatoms. The Bertz CT molecular complexity index is 947. The predicted octanol–water partition coefficient (Wildman–Crippen LogP) is 5.56. The second kappa shape index (κ2) is 8.51. The number of halogens is 7. The molecule has 0 unspecified atom stereocenters. The van der Waals surface area contributed by atoms with Crippen molar-refractivity contribution in [1.29, 1.82) is 0 Å². The largest absolute Gasteiger partial charge is 0.434 e. The number of anilines is 2. The molecular weight excluding hydrogens is 477 g/mol. The summed E-state index contributed by atoms with van der Waals surface area (Å²) in [6.07, 6.45) is -5.75. The molecule has 0 saturated heterocycles. The van der Waals surface area contributed by atoms with Gasteiger partial charge in [-0.2, -0.15) is 28.1 Å². The van der Waals surface area contributed by atoms with Gasteiger partial charge >= 0.3 is 6.18 Å². The van der Waals surface area contributed by atoms with Crippen LogP contribution in [0.15, 0.2) is 5.38 Å². The highest BCUT2D eigenvalue weighted by Gasteiger charge is 2.43. The zero-order valence-corrected chi connectivity index (χ0v) is 18.1. The second-order valence-electron chi connectivity index (χ2n) is 8.43. The van der Waals surface area contributed by atoms with Crippen LogP contribution in [0.3, 0.4) is 0 Å². The van der Waals surface area contributed by atoms with Crippen LogP contribution in [-0.4, -0.2) is 43.9 Å². The van der Waals surface area contributed by atoms with Crippen molar-refractivity contribution in [3.63, 3.8) is 0 Å². The molecule has 182 valence electrons. The van der Waals surface area contributed by atoms with Gasteiger partial charge in [0, 0.05) is 43.1 Å². The summed E-state index contributed by atoms with van der Waals surface area (Å²) < 4.78 is 93.9. The lowest BCUT2D eigenvalue weighted by Crippen LogP contribution is -2.50. The van der Waals surface area contributed by atoms with Crippen molar-refractivity contribution in [2.45, 2.75) is 81.5 Å². The van der Waals surface area contributed by atoms with Crippen LogP contribution < -0.4 is 10.6 Å². The summed E-state index contributed by atoms with van der Waals surface area (Å²) in [5, 5.41) is 0.683. The molecule has 0 bridgehead atoms. The van der Waals surface area contributed by atoms with E-state index in [1.807, 2.05) is 0 Å². The summed E-state index contributed by atoms with van der Waals surface area (Å²) in [7, 11) is 0. The summed E-state index contributed by atoms with van der Waals surface area (Å²) in [5.41, 5.74) is 4.69. The number of nitrogens with two attached hydrogens (primary N) is 1. The van der Waals surface area contributed by atoms with Crippen molar-refractivity contribution in [3.05, 3.63) is 11.1 Å². The summed E-state index contributed by atoms with van der Waals surface area (Å²) in [5.74, 6) is -6.11. The van der Waals surface area contributed by atoms with E-state index in [4.69, 9.17) is 5.73 Å². The molecule has 2 aliphatic carbocycles. The first-order valence-corrected chi connectivity index (χ1v) is 11.3. The zero-order chi connectivity index (χ0) is 24.0. The van der Waals surface area contributed by atoms with Crippen molar-refractivity contribution in [2.24, 2.45) is 0 Å². The van der Waals surface area contributed by atoms with E-state index in [-0.39, 0.29) is 74.1 Å². The molecule has 4 rings (SSSR count). The SMILES string of the molecule is Nc1nc(-c2nc(C(F)(F)F)cs2)nc(N(C2CCC(F)(F)CC2)C2CCC(F)(F)CC2)n1. The number of hydrogen-bond acceptors (Lipinski definition) is 7. The van der Waals surface area contributed by atoms with E-state index in [2.05, 4.69) is 19.9 Å². The zero-order valence-electron chi connectivity index (χ0n) is 17.3. The standard InChI is InChI=1S/C19H21F7N6S/c20-17(21)5-1-10(2-6-17)32(11-3-7-18(22,23)8-4-11)16-30-13(29-15(27)31-16)14-28-12(9-33-14)19(24,25)26/h9-11H,1-8H2,(H2,27,29,30,31). The third-order valence-corrected chi connectivity index (χ3v) is 6.86. The molecule has 2 saturated carbocycles. The fraction of sp³-hybridized carbons (Fsp3) is 0.684. The van der Waals surface area contributed by atoms with Crippen molar-refractivity contribution in [1.82, 2.24) is 19.9 Å². The molecule has 0 aliphatic heterocycles. The molecule has 0 radical (unpaired) electrons. The van der Waals surface area contributed by atoms with Crippen molar-refractivity contribution < 1.29 is 30.7 Å². The van der Waals surface area contributed by atoms with Crippen LogP contribution in [-0.2, 0) is 6.18 Å². The van der Waals surface area contributed by atoms with Gasteiger partial charge in [0.25, 0.3) is 0 Å². The Morgan fingerprint density at radius 2 is 1.36 bits per heavy atom. The molecule has 2 aromatic rings. The van der Waals surface area contributed by atoms with Gasteiger partial charge in [0.1, 0.15) is 0 Å². The number of hydrogen-bond donors (Lipinski definition) is 1. The number of nitrogens with zero attached hydrogens (tertiary/aromatic N) is 5. The number of rotatable bonds is 4. The van der Waals surface area contributed by atoms with Crippen LogP contribution in [0.25, 0.3) is 10.8 Å². The fourth-order valence-electron chi connectivity index (χ4n) is 4.33. The van der Waals surface area contributed by atoms with Crippen LogP contribution in [0.5, 0.6) is 0 Å². The number of thiazole rings is 1. The van der Waals surface area contributed by atoms with E-state index in [9.17, 15) is 30.7 Å². The predicted molar refractivity (Wildman–Crippen MR) is 107 cm³/mol. The maximum Gasteiger partial charge on any atom is 0.434 e. The summed E-state index contributed by atoms with van der Waals surface area (Å²) >= 11 is 0.673. The molecule has 0 atom stereocenters. The second-order valence-corrected chi connectivity index (χ2v) is 9.29. The average molecular weight is 498 g/mol. The van der Waals surface area contributed by atoms with Gasteiger partial charge in [0.15, 0.2) is 16.5 Å². The van der Waals surface area contributed by atoms with Gasteiger partial charge in [0.2, 0.25) is 23.7 Å². The van der Waals surface area contributed by atoms with Gasteiger partial charge in [-0.1, -0.05) is 0 Å². The first-order valence-electron chi connectivity index (χ1n) is 10.4. The van der Waals surface area contributed by atoms with Crippen LogP contribution in [0.2, 0.25) is 0 Å². The number of alkyl halides is 7. The van der Waals surface area contributed by atoms with E-state index in [0.29, 0.717) is 11.3 Å². The quantitative estimate of drug-likeness (QED) is 0.556. The number of aromatic nitrogens is 4. The maximum absolute atomic E-state index is 13.8. The Morgan fingerprint density at radius 3 is 1.82 bits per heavy atom. The Hall–Kier alpha value is -2.25. The van der Waals surface area contributed by atoms with E-state index in [0.717, 1.165) is 5.38 Å². The molecule has 6 nitrogen and oxygen atoms in total. The minimum Gasteiger partial charge on any atom is -0.368 e. The smallest absolute Gasteiger partial charge is 0.368 e. The molecule has 0 aromatic carbocycles. The Kier molecular flexibility index (Phi) is 6.16. The highest BCUT2D eigenvalue weighted by molar-refractivity contribution is 7.13. The van der Waals surface area contributed by atoms with Crippen molar-refractivity contribution in [2.75, 3.05) is 10.6 Å². The maximum atomic E-state index is 13.8. The minimum absolute atomic E-state index is 0.0216. The monoisotopic (exact) mass is 498 g/mol. The van der Waals surface area contributed by atoms with Gasteiger partial charge in [-0.3, -0.25) is 0 Å². The third-order valence-electron chi connectivity index (χ3n) is 6.02. The molecule has 33 heavy (non-hydrogen) atoms. The van der Waals surface area contributed by atoms with E-state index >= 15 is 0 Å². The lowest BCUT2D eigenvalue weighted by molar-refractivity contribution is -0.140. The van der Waals surface area contributed by atoms with Gasteiger partial charge < -0.3 is 10.6 Å². The minimum atomic E-state index is -4.65. The van der Waals surface area contributed by atoms with Crippen LogP contribution >= 0.6 is 11.3 Å².